The summed E-state index contributed by atoms with van der Waals surface area (Å²) in [5, 5.41) is 15.2. The van der Waals surface area contributed by atoms with E-state index in [4.69, 9.17) is 11.6 Å². The van der Waals surface area contributed by atoms with Crippen LogP contribution in [0.1, 0.15) is 15.9 Å². The van der Waals surface area contributed by atoms with Crippen molar-refractivity contribution in [1.82, 2.24) is 5.43 Å². The second-order valence-corrected chi connectivity index (χ2v) is 8.27. The summed E-state index contributed by atoms with van der Waals surface area (Å²) in [6.07, 6.45) is 1.14. The molecule has 0 atom stereocenters. The first-order chi connectivity index (χ1) is 14.8. The zero-order chi connectivity index (χ0) is 22.4. The first-order valence-corrected chi connectivity index (χ1v) is 10.6. The number of carbonyl (C=O) groups is 1. The van der Waals surface area contributed by atoms with E-state index >= 15 is 0 Å². The van der Waals surface area contributed by atoms with E-state index in [-0.39, 0.29) is 21.7 Å². The van der Waals surface area contributed by atoms with Crippen molar-refractivity contribution in [3.63, 3.8) is 0 Å². The molecule has 9 nitrogen and oxygen atoms in total. The predicted molar refractivity (Wildman–Crippen MR) is 117 cm³/mol. The maximum atomic E-state index is 12.6. The molecule has 31 heavy (non-hydrogen) atoms. The minimum atomic E-state index is -3.95. The van der Waals surface area contributed by atoms with Crippen molar-refractivity contribution >= 4 is 45.1 Å². The first kappa shape index (κ1) is 21.9. The van der Waals surface area contributed by atoms with E-state index in [0.717, 1.165) is 6.21 Å². The fourth-order valence-electron chi connectivity index (χ4n) is 2.52. The smallest absolute Gasteiger partial charge is 0.278 e. The minimum absolute atomic E-state index is 0.0405. The highest BCUT2D eigenvalue weighted by Gasteiger charge is 2.17. The number of amides is 1. The number of benzene rings is 3. The van der Waals surface area contributed by atoms with Gasteiger partial charge in [0.1, 0.15) is 0 Å². The van der Waals surface area contributed by atoms with Gasteiger partial charge in [0, 0.05) is 22.3 Å². The van der Waals surface area contributed by atoms with Crippen LogP contribution in [0, 0.1) is 10.1 Å². The number of hydrogen-bond donors (Lipinski definition) is 2. The molecule has 0 heterocycles. The summed E-state index contributed by atoms with van der Waals surface area (Å²) < 4.78 is 27.6. The van der Waals surface area contributed by atoms with Gasteiger partial charge in [0.15, 0.2) is 0 Å². The topological polar surface area (TPSA) is 131 Å². The lowest BCUT2D eigenvalue weighted by Gasteiger charge is -2.09. The number of para-hydroxylation sites is 1. The Bertz CT molecular complexity index is 1260. The molecule has 158 valence electrons. The predicted octanol–water partition coefficient (Wildman–Crippen LogP) is 3.81. The van der Waals surface area contributed by atoms with Crippen LogP contribution < -0.4 is 10.1 Å². The fourth-order valence-corrected chi connectivity index (χ4v) is 3.75. The summed E-state index contributed by atoms with van der Waals surface area (Å²) >= 11 is 5.79. The summed E-state index contributed by atoms with van der Waals surface area (Å²) in [6.45, 7) is 0. The Morgan fingerprint density at radius 1 is 1.03 bits per heavy atom. The van der Waals surface area contributed by atoms with Gasteiger partial charge in [-0.05, 0) is 48.5 Å². The number of carbonyl (C=O) groups excluding carboxylic acids is 1. The molecule has 0 spiro atoms. The molecule has 0 aromatic heterocycles. The molecule has 3 aromatic rings. The van der Waals surface area contributed by atoms with Gasteiger partial charge in [-0.2, -0.15) is 5.10 Å². The Morgan fingerprint density at radius 2 is 1.74 bits per heavy atom. The number of nitrogens with zero attached hydrogens (tertiary/aromatic N) is 2. The minimum Gasteiger partial charge on any atom is -0.280 e. The van der Waals surface area contributed by atoms with Gasteiger partial charge in [-0.25, -0.2) is 13.8 Å². The van der Waals surface area contributed by atoms with E-state index in [9.17, 15) is 23.3 Å². The Morgan fingerprint density at radius 3 is 2.45 bits per heavy atom. The quantitative estimate of drug-likeness (QED) is 0.315. The van der Waals surface area contributed by atoms with Crippen LogP contribution in [0.3, 0.4) is 0 Å². The molecule has 11 heteroatoms. The van der Waals surface area contributed by atoms with Crippen molar-refractivity contribution in [3.05, 3.63) is 99.1 Å². The maximum Gasteiger partial charge on any atom is 0.278 e. The number of halogens is 1. The van der Waals surface area contributed by atoms with E-state index in [0.29, 0.717) is 10.7 Å². The van der Waals surface area contributed by atoms with Gasteiger partial charge in [0.25, 0.3) is 21.6 Å². The van der Waals surface area contributed by atoms with Crippen molar-refractivity contribution in [2.45, 2.75) is 4.90 Å². The molecular formula is C20H15ClN4O5S. The van der Waals surface area contributed by atoms with E-state index in [2.05, 4.69) is 15.2 Å². The average Bonchev–Trinajstić information content (AvgIpc) is 2.75. The molecule has 2 N–H and O–H groups in total. The monoisotopic (exact) mass is 458 g/mol. The van der Waals surface area contributed by atoms with E-state index in [1.807, 2.05) is 0 Å². The molecule has 1 amide bonds. The second kappa shape index (κ2) is 9.37. The summed E-state index contributed by atoms with van der Waals surface area (Å²) in [6, 6.07) is 17.3. The third-order valence-corrected chi connectivity index (χ3v) is 5.64. The molecule has 3 rings (SSSR count). The van der Waals surface area contributed by atoms with Crippen molar-refractivity contribution in [1.29, 1.82) is 0 Å². The molecular weight excluding hydrogens is 444 g/mol. The summed E-state index contributed by atoms with van der Waals surface area (Å²) in [5.41, 5.74) is 2.62. The lowest BCUT2D eigenvalue weighted by atomic mass is 10.2. The number of nitrogens with one attached hydrogen (secondary N) is 2. The molecule has 0 fully saturated rings. The van der Waals surface area contributed by atoms with Gasteiger partial charge in [0.2, 0.25) is 0 Å². The molecule has 0 unspecified atom stereocenters. The van der Waals surface area contributed by atoms with Crippen LogP contribution in [0.15, 0.2) is 82.8 Å². The van der Waals surface area contributed by atoms with Gasteiger partial charge >= 0.3 is 0 Å². The van der Waals surface area contributed by atoms with Gasteiger partial charge < -0.3 is 0 Å². The highest BCUT2D eigenvalue weighted by atomic mass is 35.5. The van der Waals surface area contributed by atoms with Crippen LogP contribution in [0.5, 0.6) is 0 Å². The SMILES string of the molecule is O=C(N/N=C\c1ccccc1[N+](=O)[O-])c1cccc(S(=O)(=O)Nc2ccc(Cl)cc2)c1. The van der Waals surface area contributed by atoms with Crippen molar-refractivity contribution in [2.75, 3.05) is 4.72 Å². The Balaban J connectivity index is 1.74. The molecule has 0 saturated heterocycles. The van der Waals surface area contributed by atoms with Crippen LogP contribution in [-0.2, 0) is 10.0 Å². The molecule has 3 aromatic carbocycles. The van der Waals surface area contributed by atoms with Crippen LogP contribution in [0.4, 0.5) is 11.4 Å². The summed E-state index contributed by atoms with van der Waals surface area (Å²) in [7, 11) is -3.95. The van der Waals surface area contributed by atoms with Crippen LogP contribution in [-0.4, -0.2) is 25.5 Å². The third kappa shape index (κ3) is 5.65. The molecule has 0 aliphatic rings. The zero-order valence-corrected chi connectivity index (χ0v) is 17.3. The summed E-state index contributed by atoms with van der Waals surface area (Å²) in [4.78, 5) is 22.7. The largest absolute Gasteiger partial charge is 0.280 e. The third-order valence-electron chi connectivity index (χ3n) is 4.01. The normalized spacial score (nSPS) is 11.3. The first-order valence-electron chi connectivity index (χ1n) is 8.71. The molecule has 0 bridgehead atoms. The molecule has 0 saturated carbocycles. The number of nitro groups is 1. The summed E-state index contributed by atoms with van der Waals surface area (Å²) in [5.74, 6) is -0.682. The zero-order valence-electron chi connectivity index (χ0n) is 15.7. The Kier molecular flexibility index (Phi) is 6.63. The number of hydrogen-bond acceptors (Lipinski definition) is 6. The van der Waals surface area contributed by atoms with Crippen molar-refractivity contribution in [2.24, 2.45) is 5.10 Å². The van der Waals surface area contributed by atoms with Crippen molar-refractivity contribution < 1.29 is 18.1 Å². The number of hydrazone groups is 1. The fraction of sp³-hybridized carbons (Fsp3) is 0. The second-order valence-electron chi connectivity index (χ2n) is 6.16. The van der Waals surface area contributed by atoms with Crippen LogP contribution in [0.2, 0.25) is 5.02 Å². The Labute approximate surface area is 182 Å². The van der Waals surface area contributed by atoms with Crippen LogP contribution >= 0.6 is 11.6 Å². The average molecular weight is 459 g/mol. The Hall–Kier alpha value is -3.76. The lowest BCUT2D eigenvalue weighted by molar-refractivity contribution is -0.385. The number of anilines is 1. The molecule has 0 aliphatic heterocycles. The number of rotatable bonds is 7. The lowest BCUT2D eigenvalue weighted by Crippen LogP contribution is -2.19. The maximum absolute atomic E-state index is 12.6. The number of nitro benzene ring substituents is 1. The van der Waals surface area contributed by atoms with E-state index < -0.39 is 20.9 Å². The van der Waals surface area contributed by atoms with Crippen molar-refractivity contribution in [3.8, 4) is 0 Å². The van der Waals surface area contributed by atoms with Gasteiger partial charge in [-0.3, -0.25) is 19.6 Å². The van der Waals surface area contributed by atoms with Gasteiger partial charge in [-0.1, -0.05) is 29.8 Å². The standard InChI is InChI=1S/C20H15ClN4O5S/c21-16-8-10-17(11-9-16)24-31(29,30)18-6-3-5-14(12-18)20(26)23-22-13-15-4-1-2-7-19(15)25(27)28/h1-13,24H,(H,23,26)/b22-13-. The highest BCUT2D eigenvalue weighted by molar-refractivity contribution is 7.92. The number of sulfonamides is 1. The van der Waals surface area contributed by atoms with E-state index in [1.165, 1.54) is 54.6 Å². The van der Waals surface area contributed by atoms with Gasteiger partial charge in [0.05, 0.1) is 21.6 Å². The highest BCUT2D eigenvalue weighted by Crippen LogP contribution is 2.19. The van der Waals surface area contributed by atoms with E-state index in [1.54, 1.807) is 18.2 Å². The van der Waals surface area contributed by atoms with Gasteiger partial charge in [-0.15, -0.1) is 0 Å². The van der Waals surface area contributed by atoms with Crippen LogP contribution in [0.25, 0.3) is 0 Å². The molecule has 0 aliphatic carbocycles. The molecule has 0 radical (unpaired) electrons.